The molecule has 0 radical (unpaired) electrons. The Morgan fingerprint density at radius 3 is 1.19 bits per heavy atom. The molecule has 0 atom stereocenters. The van der Waals surface area contributed by atoms with Crippen LogP contribution in [0.1, 0.15) is 158 Å². The Balaban J connectivity index is 1.20. The first-order chi connectivity index (χ1) is 36.5. The van der Waals surface area contributed by atoms with Gasteiger partial charge in [0.2, 0.25) is 0 Å². The number of fused-ring (bicyclic) bond motifs is 3. The van der Waals surface area contributed by atoms with Gasteiger partial charge in [0, 0.05) is 32.8 Å². The van der Waals surface area contributed by atoms with Crippen LogP contribution in [0.15, 0.2) is 170 Å². The second-order valence-corrected chi connectivity index (χ2v) is 28.8. The topological polar surface area (TPSA) is 8.17 Å². The van der Waals surface area contributed by atoms with Crippen LogP contribution in [0.4, 0.5) is 17.1 Å². The summed E-state index contributed by atoms with van der Waals surface area (Å²) in [7, 11) is 0. The predicted molar refractivity (Wildman–Crippen MR) is 342 cm³/mol. The lowest BCUT2D eigenvalue weighted by Crippen LogP contribution is -2.17. The average molecular weight is 1020 g/mol. The van der Waals surface area contributed by atoms with Crippen molar-refractivity contribution in [2.75, 3.05) is 4.90 Å². The third-order valence-electron chi connectivity index (χ3n) is 16.9. The zero-order valence-electron chi connectivity index (χ0n) is 50.1. The molecule has 0 fully saturated rings. The molecule has 0 aliphatic carbocycles. The zero-order chi connectivity index (χ0) is 55.8. The maximum Gasteiger partial charge on any atom is 0.0543 e. The normalized spacial score (nSPS) is 13.3. The van der Waals surface area contributed by atoms with E-state index in [1.54, 1.807) is 0 Å². The van der Waals surface area contributed by atoms with Gasteiger partial charge in [-0.05, 0) is 159 Å². The summed E-state index contributed by atoms with van der Waals surface area (Å²) in [6, 6.07) is 66.6. The maximum absolute atomic E-state index is 2.58. The fourth-order valence-corrected chi connectivity index (χ4v) is 11.9. The van der Waals surface area contributed by atoms with E-state index in [0.29, 0.717) is 0 Å². The second kappa shape index (κ2) is 18.2. The van der Waals surface area contributed by atoms with Gasteiger partial charge in [-0.15, -0.1) is 0 Å². The van der Waals surface area contributed by atoms with Crippen LogP contribution in [0, 0.1) is 0 Å². The van der Waals surface area contributed by atoms with Gasteiger partial charge in [0.25, 0.3) is 0 Å². The van der Waals surface area contributed by atoms with Crippen LogP contribution in [0.2, 0.25) is 0 Å². The van der Waals surface area contributed by atoms with Crippen molar-refractivity contribution < 1.29 is 0 Å². The lowest BCUT2D eigenvalue weighted by Gasteiger charge is -2.33. The van der Waals surface area contributed by atoms with Gasteiger partial charge in [-0.25, -0.2) is 0 Å². The van der Waals surface area contributed by atoms with Crippen LogP contribution in [0.5, 0.6) is 0 Å². The fraction of sp³-hybridized carbons (Fsp3) is 0.316. The Labute approximate surface area is 466 Å². The monoisotopic (exact) mass is 1020 g/mol. The molecule has 78 heavy (non-hydrogen) atoms. The van der Waals surface area contributed by atoms with Gasteiger partial charge in [-0.1, -0.05) is 240 Å². The average Bonchev–Trinajstić information content (AvgIpc) is 3.92. The summed E-state index contributed by atoms with van der Waals surface area (Å²) in [5, 5.41) is 10.1. The third kappa shape index (κ3) is 9.27. The molecule has 2 nitrogen and oxygen atoms in total. The molecule has 0 saturated heterocycles. The van der Waals surface area contributed by atoms with Crippen molar-refractivity contribution in [2.24, 2.45) is 0 Å². The van der Waals surface area contributed by atoms with Crippen molar-refractivity contribution >= 4 is 71.2 Å². The number of anilines is 3. The van der Waals surface area contributed by atoms with E-state index in [9.17, 15) is 0 Å². The summed E-state index contributed by atoms with van der Waals surface area (Å²) in [4.78, 5) is 2.58. The Bertz CT molecular complexity index is 4020. The number of benzene rings is 10. The van der Waals surface area contributed by atoms with Crippen molar-refractivity contribution in [1.29, 1.82) is 0 Å². The van der Waals surface area contributed by atoms with Crippen LogP contribution >= 0.6 is 0 Å². The molecular formula is C76H82N2. The van der Waals surface area contributed by atoms with Gasteiger partial charge >= 0.3 is 0 Å². The largest absolute Gasteiger partial charge is 0.309 e. The summed E-state index contributed by atoms with van der Waals surface area (Å²) < 4.78 is 2.54. The summed E-state index contributed by atoms with van der Waals surface area (Å²) in [6.45, 7) is 41.7. The molecule has 0 bridgehead atoms. The number of hydrogen-bond acceptors (Lipinski definition) is 1. The van der Waals surface area contributed by atoms with Crippen LogP contribution in [-0.4, -0.2) is 4.57 Å². The minimum Gasteiger partial charge on any atom is -0.309 e. The highest BCUT2D eigenvalue weighted by atomic mass is 15.1. The molecule has 0 aliphatic heterocycles. The molecule has 0 N–H and O–H groups in total. The van der Waals surface area contributed by atoms with Gasteiger partial charge in [0.15, 0.2) is 0 Å². The van der Waals surface area contributed by atoms with E-state index in [2.05, 4.69) is 304 Å². The summed E-state index contributed by atoms with van der Waals surface area (Å²) in [6.07, 6.45) is 0. The molecule has 396 valence electrons. The first kappa shape index (κ1) is 52.9. The van der Waals surface area contributed by atoms with Crippen molar-refractivity contribution in [3.8, 4) is 27.9 Å². The minimum atomic E-state index is -0.106. The van der Waals surface area contributed by atoms with Gasteiger partial charge in [0.1, 0.15) is 0 Å². The number of aromatic nitrogens is 1. The molecule has 1 aromatic heterocycles. The molecule has 0 unspecified atom stereocenters. The van der Waals surface area contributed by atoms with E-state index in [1.165, 1.54) is 115 Å². The Kier molecular flexibility index (Phi) is 12.3. The van der Waals surface area contributed by atoms with E-state index in [4.69, 9.17) is 0 Å². The van der Waals surface area contributed by atoms with E-state index >= 15 is 0 Å². The van der Waals surface area contributed by atoms with Crippen LogP contribution < -0.4 is 4.90 Å². The van der Waals surface area contributed by atoms with Gasteiger partial charge < -0.3 is 9.47 Å². The first-order valence-electron chi connectivity index (χ1n) is 28.6. The third-order valence-corrected chi connectivity index (χ3v) is 16.9. The van der Waals surface area contributed by atoms with E-state index in [-0.39, 0.29) is 32.5 Å². The van der Waals surface area contributed by atoms with E-state index < -0.39 is 0 Å². The van der Waals surface area contributed by atoms with Crippen molar-refractivity contribution in [1.82, 2.24) is 4.57 Å². The van der Waals surface area contributed by atoms with Crippen LogP contribution in [0.25, 0.3) is 82.1 Å². The van der Waals surface area contributed by atoms with Gasteiger partial charge in [-0.3, -0.25) is 0 Å². The fourth-order valence-electron chi connectivity index (χ4n) is 11.9. The highest BCUT2D eigenvalue weighted by molar-refractivity contribution is 6.27. The van der Waals surface area contributed by atoms with Crippen LogP contribution in [0.3, 0.4) is 0 Å². The molecule has 11 aromatic rings. The standard InChI is InChI=1S/C76H82N2/c1-71(2,3)50-25-19-47(20-26-50)61-43-52(73(7,8)9)29-37-57(61)58-38-30-55(76(16,17)18)46-68(58)77(56-33-27-51(28-34-56)72(4,5)6)64-39-23-48-22-36-60-65(40-24-49-21-35-59(64)69(48)70(49)60)78-66-41-31-53(74(10,11)12)44-62(66)63-45-54(75(13,14)15)32-42-67(63)78/h19-46H,1-18H3. The first-order valence-corrected chi connectivity index (χ1v) is 28.6. The highest BCUT2D eigenvalue weighted by Crippen LogP contribution is 2.51. The minimum absolute atomic E-state index is 0.00224. The molecule has 0 amide bonds. The summed E-state index contributed by atoms with van der Waals surface area (Å²) in [5.74, 6) is 0. The predicted octanol–water partition coefficient (Wildman–Crippen LogP) is 22.3. The Morgan fingerprint density at radius 2 is 0.679 bits per heavy atom. The summed E-state index contributed by atoms with van der Waals surface area (Å²) in [5.41, 5.74) is 19.9. The van der Waals surface area contributed by atoms with Crippen molar-refractivity contribution in [3.05, 3.63) is 203 Å². The molecule has 2 heteroatoms. The molecule has 11 rings (SSSR count). The number of rotatable bonds is 6. The number of nitrogens with zero attached hydrogens (tertiary/aromatic N) is 2. The highest BCUT2D eigenvalue weighted by Gasteiger charge is 2.29. The second-order valence-electron chi connectivity index (χ2n) is 28.8. The maximum atomic E-state index is 2.58. The molecule has 0 saturated carbocycles. The lowest BCUT2D eigenvalue weighted by molar-refractivity contribution is 0.589. The lowest BCUT2D eigenvalue weighted by atomic mass is 9.81. The van der Waals surface area contributed by atoms with Crippen LogP contribution in [-0.2, 0) is 32.5 Å². The molecular weight excluding hydrogens is 941 g/mol. The Hall–Kier alpha value is -7.16. The molecule has 1 heterocycles. The van der Waals surface area contributed by atoms with E-state index in [1.807, 2.05) is 0 Å². The van der Waals surface area contributed by atoms with E-state index in [0.717, 1.165) is 17.1 Å². The van der Waals surface area contributed by atoms with Gasteiger partial charge in [-0.2, -0.15) is 0 Å². The molecule has 0 aliphatic rings. The molecule has 10 aromatic carbocycles. The van der Waals surface area contributed by atoms with Crippen molar-refractivity contribution in [3.63, 3.8) is 0 Å². The zero-order valence-corrected chi connectivity index (χ0v) is 50.1. The number of hydrogen-bond donors (Lipinski definition) is 0. The van der Waals surface area contributed by atoms with Gasteiger partial charge in [0.05, 0.1) is 28.1 Å². The van der Waals surface area contributed by atoms with Crippen molar-refractivity contribution in [2.45, 2.75) is 157 Å². The SMILES string of the molecule is CC(C)(C)c1ccc(-c2cc(C(C)(C)C)ccc2-c2ccc(C(C)(C)C)cc2N(c2ccc(C(C)(C)C)cc2)c2ccc3ccc4c(-n5c6ccc(C(C)(C)C)cc6c6cc(C(C)(C)C)ccc65)ccc5ccc2c3c54)cc1. The quantitative estimate of drug-likeness (QED) is 0.151. The smallest absolute Gasteiger partial charge is 0.0543 e. The molecule has 0 spiro atoms. The Morgan fingerprint density at radius 1 is 0.282 bits per heavy atom. The summed E-state index contributed by atoms with van der Waals surface area (Å²) >= 11 is 0.